The van der Waals surface area contributed by atoms with Gasteiger partial charge in [0.2, 0.25) is 0 Å². The number of halogens is 10. The third-order valence-electron chi connectivity index (χ3n) is 5.24. The van der Waals surface area contributed by atoms with E-state index in [0.29, 0.717) is 32.3 Å². The molecule has 0 heterocycles. The summed E-state index contributed by atoms with van der Waals surface area (Å²) in [5, 5.41) is 0.774. The number of benzene rings is 4. The molecular weight excluding hydrogens is 793 g/mol. The van der Waals surface area contributed by atoms with Crippen LogP contribution in [-0.2, 0) is 17.8 Å². The molecule has 16 heteroatoms. The van der Waals surface area contributed by atoms with Crippen molar-refractivity contribution in [3.63, 3.8) is 0 Å². The predicted octanol–water partition coefficient (Wildman–Crippen LogP) is 14.0. The van der Waals surface area contributed by atoms with Gasteiger partial charge in [0.25, 0.3) is 0 Å². The van der Waals surface area contributed by atoms with Crippen molar-refractivity contribution in [1.29, 1.82) is 0 Å². The van der Waals surface area contributed by atoms with Gasteiger partial charge in [-0.3, -0.25) is 0 Å². The van der Waals surface area contributed by atoms with Gasteiger partial charge >= 0.3 is 12.1 Å². The second-order valence-electron chi connectivity index (χ2n) is 8.17. The molecule has 0 radical (unpaired) electrons. The highest BCUT2D eigenvalue weighted by Crippen LogP contribution is 2.60. The van der Waals surface area contributed by atoms with E-state index in [4.69, 9.17) is 124 Å². The van der Waals surface area contributed by atoms with Crippen molar-refractivity contribution in [3.8, 4) is 11.5 Å². The molecular formula is C26H16Cl10O4P2. The maximum absolute atomic E-state index is 11.5. The molecule has 0 spiro atoms. The summed E-state index contributed by atoms with van der Waals surface area (Å²) in [4.78, 5) is 0. The lowest BCUT2D eigenvalue weighted by atomic mass is 10.0. The van der Waals surface area contributed by atoms with Crippen LogP contribution in [0.5, 0.6) is 11.5 Å². The topological polar surface area (TPSA) is 52.6 Å². The maximum Gasteiger partial charge on any atom is 0.428 e. The van der Waals surface area contributed by atoms with Crippen LogP contribution in [0.25, 0.3) is 0 Å². The Hall–Kier alpha value is -0.160. The van der Waals surface area contributed by atoms with E-state index in [1.165, 1.54) is 36.4 Å². The molecule has 0 bridgehead atoms. The first-order valence-corrected chi connectivity index (χ1v) is 20.4. The van der Waals surface area contributed by atoms with Crippen LogP contribution >= 0.6 is 127 Å². The van der Waals surface area contributed by atoms with Crippen molar-refractivity contribution in [3.05, 3.63) is 129 Å². The standard InChI is InChI=1S/2C13H8Cl5O2P/c2*14-10-6-7-12(20-21(17,18)19)11(8-10)13(15,16)9-4-2-1-3-5-9/h2*1-8H. The lowest BCUT2D eigenvalue weighted by Gasteiger charge is -2.23. The van der Waals surface area contributed by atoms with Gasteiger partial charge in [0.05, 0.1) is 0 Å². The molecule has 224 valence electrons. The Balaban J connectivity index is 0.000000230. The van der Waals surface area contributed by atoms with E-state index in [1.807, 2.05) is 12.1 Å². The van der Waals surface area contributed by atoms with Gasteiger partial charge in [0.1, 0.15) is 11.5 Å². The molecule has 0 amide bonds. The van der Waals surface area contributed by atoms with Gasteiger partial charge in [-0.2, -0.15) is 0 Å². The summed E-state index contributed by atoms with van der Waals surface area (Å²) in [7, 11) is 0. The number of hydrogen-bond donors (Lipinski definition) is 0. The van der Waals surface area contributed by atoms with Gasteiger partial charge in [-0.15, -0.1) is 0 Å². The average Bonchev–Trinajstić information content (AvgIpc) is 2.90. The molecule has 0 aromatic heterocycles. The molecule has 42 heavy (non-hydrogen) atoms. The van der Waals surface area contributed by atoms with E-state index in [1.54, 1.807) is 48.5 Å². The lowest BCUT2D eigenvalue weighted by Crippen LogP contribution is -2.13. The van der Waals surface area contributed by atoms with Gasteiger partial charge in [0.15, 0.2) is 8.67 Å². The number of rotatable bonds is 8. The summed E-state index contributed by atoms with van der Waals surface area (Å²) >= 11 is 59.5. The fourth-order valence-corrected chi connectivity index (χ4v) is 6.60. The minimum Gasteiger partial charge on any atom is -0.422 e. The van der Waals surface area contributed by atoms with Crippen molar-refractivity contribution in [1.82, 2.24) is 0 Å². The second-order valence-corrected chi connectivity index (χ2v) is 20.1. The first-order chi connectivity index (χ1) is 19.4. The van der Waals surface area contributed by atoms with Gasteiger partial charge in [0, 0.05) is 66.1 Å². The van der Waals surface area contributed by atoms with Crippen molar-refractivity contribution < 1.29 is 18.2 Å². The van der Waals surface area contributed by atoms with Crippen molar-refractivity contribution in [2.45, 2.75) is 8.67 Å². The third-order valence-corrected chi connectivity index (χ3v) is 9.05. The Bertz CT molecular complexity index is 1490. The van der Waals surface area contributed by atoms with E-state index in [0.717, 1.165) is 0 Å². The van der Waals surface area contributed by atoms with Crippen LogP contribution in [0.4, 0.5) is 0 Å². The molecule has 0 saturated carbocycles. The highest BCUT2D eigenvalue weighted by Gasteiger charge is 2.35. The van der Waals surface area contributed by atoms with Crippen LogP contribution in [0.1, 0.15) is 22.3 Å². The monoisotopic (exact) mass is 804 g/mol. The van der Waals surface area contributed by atoms with Crippen LogP contribution in [0.3, 0.4) is 0 Å². The molecule has 0 aliphatic rings. The summed E-state index contributed by atoms with van der Waals surface area (Å²) in [6.07, 6.45) is -7.61. The third kappa shape index (κ3) is 10.4. The van der Waals surface area contributed by atoms with Crippen molar-refractivity contribution in [2.24, 2.45) is 0 Å². The Labute approximate surface area is 292 Å². The summed E-state index contributed by atoms with van der Waals surface area (Å²) in [6, 6.07) is 26.7. The zero-order chi connectivity index (χ0) is 31.3. The molecule has 4 rings (SSSR count). The Morgan fingerprint density at radius 3 is 1.10 bits per heavy atom. The van der Waals surface area contributed by atoms with Crippen LogP contribution in [0.15, 0.2) is 97.1 Å². The van der Waals surface area contributed by atoms with Gasteiger partial charge in [-0.1, -0.05) is 130 Å². The Morgan fingerprint density at radius 1 is 0.500 bits per heavy atom. The molecule has 4 aromatic rings. The van der Waals surface area contributed by atoms with E-state index in [2.05, 4.69) is 0 Å². The molecule has 0 unspecified atom stereocenters. The normalized spacial score (nSPS) is 12.2. The first-order valence-electron chi connectivity index (χ1n) is 11.2. The molecule has 4 aromatic carbocycles. The first kappa shape index (κ1) is 36.3. The van der Waals surface area contributed by atoms with E-state index in [9.17, 15) is 9.13 Å². The molecule has 0 N–H and O–H groups in total. The largest absolute Gasteiger partial charge is 0.428 e. The van der Waals surface area contributed by atoms with Gasteiger partial charge < -0.3 is 9.05 Å². The predicted molar refractivity (Wildman–Crippen MR) is 181 cm³/mol. The number of alkyl halides is 4. The molecule has 0 fully saturated rings. The van der Waals surface area contributed by atoms with Crippen molar-refractivity contribution in [2.75, 3.05) is 0 Å². The highest BCUT2D eigenvalue weighted by molar-refractivity contribution is 8.05. The fourth-order valence-electron chi connectivity index (χ4n) is 3.49. The zero-order valence-electron chi connectivity index (χ0n) is 20.5. The molecule has 0 atom stereocenters. The summed E-state index contributed by atoms with van der Waals surface area (Å²) in [5.41, 5.74) is 1.79. The average molecular weight is 809 g/mol. The number of hydrogen-bond acceptors (Lipinski definition) is 4. The molecule has 0 aliphatic carbocycles. The van der Waals surface area contributed by atoms with Crippen LogP contribution in [-0.4, -0.2) is 0 Å². The fraction of sp³-hybridized carbons (Fsp3) is 0.0769. The minimum absolute atomic E-state index is 0.0987. The summed E-state index contributed by atoms with van der Waals surface area (Å²) in [5.74, 6) is 0.197. The van der Waals surface area contributed by atoms with Crippen LogP contribution < -0.4 is 9.05 Å². The molecule has 0 saturated heterocycles. The SMILES string of the molecule is O=P(Cl)(Cl)Oc1ccc(Cl)cc1C(Cl)(Cl)c1ccccc1.O=P(Cl)(Cl)Oc1ccc(Cl)cc1C(Cl)(Cl)c1ccccc1. The molecule has 0 aliphatic heterocycles. The maximum atomic E-state index is 11.5. The second kappa shape index (κ2) is 15.0. The van der Waals surface area contributed by atoms with E-state index >= 15 is 0 Å². The summed E-state index contributed by atoms with van der Waals surface area (Å²) in [6.45, 7) is 0. The van der Waals surface area contributed by atoms with Crippen LogP contribution in [0.2, 0.25) is 10.0 Å². The molecule has 4 nitrogen and oxygen atoms in total. The van der Waals surface area contributed by atoms with E-state index in [-0.39, 0.29) is 11.5 Å². The van der Waals surface area contributed by atoms with Gasteiger partial charge in [-0.05, 0) is 47.5 Å². The van der Waals surface area contributed by atoms with Gasteiger partial charge in [-0.25, -0.2) is 9.13 Å². The minimum atomic E-state index is -3.81. The quantitative estimate of drug-likeness (QED) is 0.131. The smallest absolute Gasteiger partial charge is 0.422 e. The highest BCUT2D eigenvalue weighted by atomic mass is 35.9. The Morgan fingerprint density at radius 2 is 0.810 bits per heavy atom. The van der Waals surface area contributed by atoms with E-state index < -0.39 is 20.8 Å². The lowest BCUT2D eigenvalue weighted by molar-refractivity contribution is 0.508. The van der Waals surface area contributed by atoms with Crippen LogP contribution in [0, 0.1) is 0 Å². The Kier molecular flexibility index (Phi) is 12.9. The summed E-state index contributed by atoms with van der Waals surface area (Å²) < 4.78 is 30.1. The zero-order valence-corrected chi connectivity index (χ0v) is 29.9. The van der Waals surface area contributed by atoms with Crippen molar-refractivity contribution >= 4 is 127 Å².